The van der Waals surface area contributed by atoms with Gasteiger partial charge in [0.25, 0.3) is 0 Å². The van der Waals surface area contributed by atoms with Gasteiger partial charge in [0, 0.05) is 24.5 Å². The molecule has 4 nitrogen and oxygen atoms in total. The van der Waals surface area contributed by atoms with Gasteiger partial charge >= 0.3 is 0 Å². The molecule has 1 aromatic rings. The van der Waals surface area contributed by atoms with Gasteiger partial charge in [-0.25, -0.2) is 0 Å². The summed E-state index contributed by atoms with van der Waals surface area (Å²) in [4.78, 5) is 0. The molecule has 0 amide bonds. The molecule has 6 rings (SSSR count). The maximum absolute atomic E-state index is 11.7. The van der Waals surface area contributed by atoms with E-state index < -0.39 is 11.2 Å². The maximum Gasteiger partial charge on any atom is 0.165 e. The average molecular weight is 441 g/mol. The summed E-state index contributed by atoms with van der Waals surface area (Å²) in [5, 5.41) is 11.7. The highest BCUT2D eigenvalue weighted by Gasteiger charge is 2.85. The smallest absolute Gasteiger partial charge is 0.165 e. The van der Waals surface area contributed by atoms with Crippen LogP contribution in [0.2, 0.25) is 0 Å². The second kappa shape index (κ2) is 5.86. The van der Waals surface area contributed by atoms with Crippen LogP contribution in [-0.2, 0) is 16.6 Å². The van der Waals surface area contributed by atoms with Gasteiger partial charge in [0.15, 0.2) is 11.5 Å². The molecule has 0 saturated heterocycles. The van der Waals surface area contributed by atoms with Crippen molar-refractivity contribution in [3.63, 3.8) is 0 Å². The third-order valence-corrected chi connectivity index (χ3v) is 11.2. The van der Waals surface area contributed by atoms with Gasteiger partial charge in [-0.05, 0) is 79.2 Å². The first-order chi connectivity index (χ1) is 15.0. The summed E-state index contributed by atoms with van der Waals surface area (Å²) in [7, 11) is 3.59. The highest BCUT2D eigenvalue weighted by molar-refractivity contribution is 5.64. The highest BCUT2D eigenvalue weighted by atomic mass is 16.6. The maximum atomic E-state index is 11.7. The van der Waals surface area contributed by atoms with Crippen molar-refractivity contribution in [1.82, 2.24) is 0 Å². The number of fused-ring (bicyclic) bond motifs is 1. The zero-order valence-electron chi connectivity index (χ0n) is 20.9. The number of hydrogen-bond acceptors (Lipinski definition) is 4. The lowest BCUT2D eigenvalue weighted by Crippen LogP contribution is -2.68. The van der Waals surface area contributed by atoms with Gasteiger partial charge in [-0.15, -0.1) is 0 Å². The molecule has 1 aliphatic heterocycles. The Morgan fingerprint density at radius 1 is 1.16 bits per heavy atom. The van der Waals surface area contributed by atoms with Crippen molar-refractivity contribution in [3.8, 4) is 11.5 Å². The molecule has 2 spiro atoms. The van der Waals surface area contributed by atoms with Crippen LogP contribution >= 0.6 is 0 Å². The lowest BCUT2D eigenvalue weighted by Gasteiger charge is -2.60. The molecule has 4 heteroatoms. The normalized spacial score (nSPS) is 44.4. The van der Waals surface area contributed by atoms with Crippen LogP contribution in [0.25, 0.3) is 0 Å². The SMILES string of the molecule is CC[C@]12CC[C@@](CC(C)(O)C(C)(C)C)(OC)[C@@H]3Oc4c(OC)ccc5c4[C@@]31CC1(C5)C[C@H]12. The molecule has 7 atom stereocenters. The molecule has 176 valence electrons. The molecular formula is C28H40O4. The van der Waals surface area contributed by atoms with E-state index in [2.05, 4.69) is 39.8 Å². The van der Waals surface area contributed by atoms with Crippen LogP contribution in [0.1, 0.15) is 84.3 Å². The number of ether oxygens (including phenoxy) is 3. The Balaban J connectivity index is 1.58. The third kappa shape index (κ3) is 2.10. The minimum Gasteiger partial charge on any atom is -0.493 e. The van der Waals surface area contributed by atoms with Crippen LogP contribution in [0.5, 0.6) is 11.5 Å². The van der Waals surface area contributed by atoms with Crippen molar-refractivity contribution >= 4 is 0 Å². The van der Waals surface area contributed by atoms with Gasteiger partial charge in [-0.2, -0.15) is 0 Å². The van der Waals surface area contributed by atoms with Gasteiger partial charge in [0.1, 0.15) is 11.7 Å². The fourth-order valence-corrected chi connectivity index (χ4v) is 9.13. The predicted octanol–water partition coefficient (Wildman–Crippen LogP) is 5.42. The van der Waals surface area contributed by atoms with Crippen LogP contribution < -0.4 is 9.47 Å². The number of rotatable bonds is 5. The molecule has 32 heavy (non-hydrogen) atoms. The summed E-state index contributed by atoms with van der Waals surface area (Å²) < 4.78 is 19.4. The van der Waals surface area contributed by atoms with E-state index in [9.17, 15) is 5.11 Å². The third-order valence-electron chi connectivity index (χ3n) is 11.2. The molecule has 3 fully saturated rings. The molecule has 0 radical (unpaired) electrons. The molecule has 1 aromatic carbocycles. The van der Waals surface area contributed by atoms with E-state index in [4.69, 9.17) is 14.2 Å². The Bertz CT molecular complexity index is 992. The second-order valence-electron chi connectivity index (χ2n) is 13.1. The van der Waals surface area contributed by atoms with Gasteiger partial charge in [0.2, 0.25) is 0 Å². The lowest BCUT2D eigenvalue weighted by atomic mass is 9.46. The summed E-state index contributed by atoms with van der Waals surface area (Å²) in [6.07, 6.45) is 7.53. The summed E-state index contributed by atoms with van der Waals surface area (Å²) in [6.45, 7) is 10.8. The summed E-state index contributed by atoms with van der Waals surface area (Å²) in [6, 6.07) is 4.41. The van der Waals surface area contributed by atoms with Crippen molar-refractivity contribution < 1.29 is 19.3 Å². The van der Waals surface area contributed by atoms with Gasteiger partial charge in [0.05, 0.1) is 12.7 Å². The largest absolute Gasteiger partial charge is 0.493 e. The summed E-state index contributed by atoms with van der Waals surface area (Å²) in [5.74, 6) is 2.60. The molecule has 2 bridgehead atoms. The predicted molar refractivity (Wildman–Crippen MR) is 124 cm³/mol. The molecule has 2 unspecified atom stereocenters. The first-order valence-corrected chi connectivity index (χ1v) is 12.6. The minimum atomic E-state index is -0.870. The van der Waals surface area contributed by atoms with Gasteiger partial charge < -0.3 is 19.3 Å². The van der Waals surface area contributed by atoms with Crippen molar-refractivity contribution in [2.24, 2.45) is 22.2 Å². The second-order valence-corrected chi connectivity index (χ2v) is 13.1. The van der Waals surface area contributed by atoms with E-state index in [1.807, 2.05) is 14.0 Å². The minimum absolute atomic E-state index is 0.0374. The Hall–Kier alpha value is -1.26. The Labute approximate surface area is 193 Å². The fraction of sp³-hybridized carbons (Fsp3) is 0.786. The molecule has 1 N–H and O–H groups in total. The van der Waals surface area contributed by atoms with Crippen LogP contribution in [0, 0.1) is 22.2 Å². The van der Waals surface area contributed by atoms with Crippen LogP contribution in [0.15, 0.2) is 12.1 Å². The van der Waals surface area contributed by atoms with E-state index in [0.717, 1.165) is 30.3 Å². The van der Waals surface area contributed by atoms with E-state index in [0.29, 0.717) is 11.8 Å². The molecule has 1 heterocycles. The van der Waals surface area contributed by atoms with E-state index in [-0.39, 0.29) is 22.3 Å². The summed E-state index contributed by atoms with van der Waals surface area (Å²) in [5.41, 5.74) is 1.92. The first-order valence-electron chi connectivity index (χ1n) is 12.6. The van der Waals surface area contributed by atoms with E-state index >= 15 is 0 Å². The fourth-order valence-electron chi connectivity index (χ4n) is 9.13. The lowest BCUT2D eigenvalue weighted by molar-refractivity contribution is -0.208. The monoisotopic (exact) mass is 440 g/mol. The topological polar surface area (TPSA) is 47.9 Å². The van der Waals surface area contributed by atoms with Crippen molar-refractivity contribution in [1.29, 1.82) is 0 Å². The summed E-state index contributed by atoms with van der Waals surface area (Å²) >= 11 is 0. The molecule has 0 aromatic heterocycles. The standard InChI is InChI=1S/C28H40O4/c1-8-26-11-12-27(31-7,15-24(5,29)23(2,3)4)22-28(26)16-25(14-19(25)26)13-17-9-10-18(30-6)21(32-22)20(17)28/h9-10,19,22,29H,8,11-16H2,1-7H3/t19-,22+,24?,25?,26-,27+,28+/m1/s1. The highest BCUT2D eigenvalue weighted by Crippen LogP contribution is 2.87. The quantitative estimate of drug-likeness (QED) is 0.664. The number of hydrogen-bond donors (Lipinski definition) is 1. The Morgan fingerprint density at radius 2 is 1.91 bits per heavy atom. The molecule has 4 aliphatic carbocycles. The first kappa shape index (κ1) is 21.3. The molecular weight excluding hydrogens is 400 g/mol. The Kier molecular flexibility index (Phi) is 3.90. The van der Waals surface area contributed by atoms with Crippen LogP contribution in [0.3, 0.4) is 0 Å². The van der Waals surface area contributed by atoms with Crippen LogP contribution in [-0.4, -0.2) is 36.6 Å². The van der Waals surface area contributed by atoms with E-state index in [1.165, 1.54) is 36.8 Å². The van der Waals surface area contributed by atoms with Gasteiger partial charge in [-0.1, -0.05) is 33.8 Å². The average Bonchev–Trinajstić information content (AvgIpc) is 3.21. The van der Waals surface area contributed by atoms with Crippen LogP contribution in [0.4, 0.5) is 0 Å². The number of benzene rings is 1. The molecule has 3 saturated carbocycles. The number of methoxy groups -OCH3 is 2. The molecule has 5 aliphatic rings. The van der Waals surface area contributed by atoms with Gasteiger partial charge in [-0.3, -0.25) is 0 Å². The zero-order chi connectivity index (χ0) is 22.9. The van der Waals surface area contributed by atoms with Crippen molar-refractivity contribution in [2.45, 2.75) is 102 Å². The van der Waals surface area contributed by atoms with E-state index in [1.54, 1.807) is 7.11 Å². The zero-order valence-corrected chi connectivity index (χ0v) is 20.9. The van der Waals surface area contributed by atoms with Crippen molar-refractivity contribution in [2.75, 3.05) is 14.2 Å². The van der Waals surface area contributed by atoms with Crippen molar-refractivity contribution in [3.05, 3.63) is 23.3 Å². The Morgan fingerprint density at radius 3 is 2.53 bits per heavy atom. The number of aliphatic hydroxyl groups is 1.